The van der Waals surface area contributed by atoms with E-state index < -0.39 is 5.82 Å². The summed E-state index contributed by atoms with van der Waals surface area (Å²) in [5.74, 6) is 2.86. The predicted molar refractivity (Wildman–Crippen MR) is 168 cm³/mol. The monoisotopic (exact) mass is 597 g/mol. The third kappa shape index (κ3) is 10.6. The Morgan fingerprint density at radius 3 is 2.48 bits per heavy atom. The SMILES string of the molecule is CC(=O)c1cc(F)cnc1OC1CCSCC1.CCCC1CCC(NC=O)CC1.Cc1cc(C)c2cc(O)ccc2n1. The van der Waals surface area contributed by atoms with Crippen molar-refractivity contribution < 1.29 is 23.8 Å². The second-order valence-corrected chi connectivity index (χ2v) is 12.3. The number of nitrogens with one attached hydrogen (secondary N) is 1. The molecule has 9 heteroatoms. The summed E-state index contributed by atoms with van der Waals surface area (Å²) in [5.41, 5.74) is 3.33. The zero-order valence-corrected chi connectivity index (χ0v) is 26.0. The number of hydrogen-bond donors (Lipinski definition) is 2. The van der Waals surface area contributed by atoms with Gasteiger partial charge in [0.25, 0.3) is 0 Å². The number of hydrogen-bond acceptors (Lipinski definition) is 7. The van der Waals surface area contributed by atoms with Crippen LogP contribution in [0.5, 0.6) is 11.6 Å². The Labute approximate surface area is 253 Å². The summed E-state index contributed by atoms with van der Waals surface area (Å²) in [4.78, 5) is 29.8. The summed E-state index contributed by atoms with van der Waals surface area (Å²) in [5, 5.41) is 13.2. The van der Waals surface area contributed by atoms with Crippen LogP contribution in [0.2, 0.25) is 0 Å². The Bertz CT molecular complexity index is 1310. The molecule has 0 unspecified atom stereocenters. The van der Waals surface area contributed by atoms with E-state index in [1.165, 1.54) is 51.5 Å². The van der Waals surface area contributed by atoms with Gasteiger partial charge >= 0.3 is 0 Å². The molecule has 0 bridgehead atoms. The summed E-state index contributed by atoms with van der Waals surface area (Å²) in [6, 6.07) is 8.91. The fraction of sp³-hybridized carbons (Fsp3) is 0.515. The van der Waals surface area contributed by atoms with Gasteiger partial charge in [0.2, 0.25) is 12.3 Å². The van der Waals surface area contributed by atoms with E-state index in [0.717, 1.165) is 65.0 Å². The molecular weight excluding hydrogens is 553 g/mol. The van der Waals surface area contributed by atoms with E-state index in [9.17, 15) is 19.1 Å². The molecule has 228 valence electrons. The predicted octanol–water partition coefficient (Wildman–Crippen LogP) is 7.35. The van der Waals surface area contributed by atoms with Crippen LogP contribution in [-0.2, 0) is 4.79 Å². The quantitative estimate of drug-likeness (QED) is 0.217. The van der Waals surface area contributed by atoms with Crippen molar-refractivity contribution in [2.24, 2.45) is 5.92 Å². The summed E-state index contributed by atoms with van der Waals surface area (Å²) >= 11 is 1.89. The normalized spacial score (nSPS) is 18.6. The zero-order chi connectivity index (χ0) is 30.5. The Hall–Kier alpha value is -3.20. The number of Topliss-reactive ketones (excluding diaryl/α,β-unsaturated/α-hetero) is 1. The Kier molecular flexibility index (Phi) is 13.5. The maximum Gasteiger partial charge on any atom is 0.224 e. The third-order valence-electron chi connectivity index (χ3n) is 7.62. The third-order valence-corrected chi connectivity index (χ3v) is 8.67. The topological polar surface area (TPSA) is 101 Å². The van der Waals surface area contributed by atoms with E-state index in [-0.39, 0.29) is 23.3 Å². The van der Waals surface area contributed by atoms with E-state index in [1.54, 1.807) is 12.1 Å². The number of aryl methyl sites for hydroxylation is 2. The van der Waals surface area contributed by atoms with Crippen LogP contribution in [0, 0.1) is 25.6 Å². The number of aromatic hydroxyl groups is 1. The minimum atomic E-state index is -0.512. The lowest BCUT2D eigenvalue weighted by Gasteiger charge is -2.27. The van der Waals surface area contributed by atoms with E-state index in [1.807, 2.05) is 37.7 Å². The molecule has 1 aromatic carbocycles. The molecule has 1 saturated heterocycles. The second kappa shape index (κ2) is 17.0. The lowest BCUT2D eigenvalue weighted by atomic mass is 9.84. The number of ether oxygens (including phenoxy) is 1. The molecule has 42 heavy (non-hydrogen) atoms. The minimum Gasteiger partial charge on any atom is -0.508 e. The maximum absolute atomic E-state index is 13.0. The van der Waals surface area contributed by atoms with Crippen LogP contribution in [0.3, 0.4) is 0 Å². The molecular formula is C33H44FN3O4S. The molecule has 0 atom stereocenters. The van der Waals surface area contributed by atoms with Crippen molar-refractivity contribution in [3.63, 3.8) is 0 Å². The van der Waals surface area contributed by atoms with E-state index in [4.69, 9.17) is 4.74 Å². The number of halogens is 1. The average Bonchev–Trinajstić information content (AvgIpc) is 2.97. The number of pyridine rings is 2. The molecule has 1 aliphatic carbocycles. The van der Waals surface area contributed by atoms with Crippen molar-refractivity contribution in [2.45, 2.75) is 91.2 Å². The number of nitrogens with zero attached hydrogens (tertiary/aromatic N) is 2. The molecule has 2 aromatic heterocycles. The maximum atomic E-state index is 13.0. The molecule has 2 N–H and O–H groups in total. The van der Waals surface area contributed by atoms with Gasteiger partial charge in [-0.2, -0.15) is 11.8 Å². The highest BCUT2D eigenvalue weighted by atomic mass is 32.2. The molecule has 1 aliphatic heterocycles. The van der Waals surface area contributed by atoms with E-state index >= 15 is 0 Å². The molecule has 3 heterocycles. The highest BCUT2D eigenvalue weighted by Crippen LogP contribution is 2.27. The Morgan fingerprint density at radius 1 is 1.12 bits per heavy atom. The van der Waals surface area contributed by atoms with Crippen molar-refractivity contribution in [1.29, 1.82) is 0 Å². The second-order valence-electron chi connectivity index (χ2n) is 11.1. The number of carbonyl (C=O) groups is 2. The average molecular weight is 598 g/mol. The lowest BCUT2D eigenvalue weighted by Crippen LogP contribution is -2.31. The van der Waals surface area contributed by atoms with Gasteiger partial charge in [0.15, 0.2) is 5.78 Å². The van der Waals surface area contributed by atoms with Crippen LogP contribution < -0.4 is 10.1 Å². The van der Waals surface area contributed by atoms with Gasteiger partial charge in [-0.1, -0.05) is 19.8 Å². The molecule has 3 aromatic rings. The highest BCUT2D eigenvalue weighted by molar-refractivity contribution is 7.99. The van der Waals surface area contributed by atoms with Gasteiger partial charge in [0.05, 0.1) is 17.3 Å². The number of rotatable bonds is 7. The molecule has 1 amide bonds. The van der Waals surface area contributed by atoms with Crippen LogP contribution in [0.4, 0.5) is 4.39 Å². The number of thioether (sulfide) groups is 1. The molecule has 2 fully saturated rings. The molecule has 1 saturated carbocycles. The van der Waals surface area contributed by atoms with Crippen LogP contribution in [0.15, 0.2) is 36.5 Å². The van der Waals surface area contributed by atoms with Crippen molar-refractivity contribution in [1.82, 2.24) is 15.3 Å². The van der Waals surface area contributed by atoms with Gasteiger partial charge < -0.3 is 15.2 Å². The zero-order valence-electron chi connectivity index (χ0n) is 25.2. The molecule has 0 radical (unpaired) electrons. The van der Waals surface area contributed by atoms with Crippen molar-refractivity contribution in [3.8, 4) is 11.6 Å². The van der Waals surface area contributed by atoms with Gasteiger partial charge in [-0.15, -0.1) is 0 Å². The largest absolute Gasteiger partial charge is 0.508 e. The summed E-state index contributed by atoms with van der Waals surface area (Å²) < 4.78 is 18.7. The van der Waals surface area contributed by atoms with Gasteiger partial charge in [-0.3, -0.25) is 14.6 Å². The van der Waals surface area contributed by atoms with E-state index in [2.05, 4.69) is 22.2 Å². The van der Waals surface area contributed by atoms with E-state index in [0.29, 0.717) is 11.8 Å². The smallest absolute Gasteiger partial charge is 0.224 e. The molecule has 2 aliphatic rings. The first kappa shape index (κ1) is 33.3. The van der Waals surface area contributed by atoms with Crippen molar-refractivity contribution in [3.05, 3.63) is 59.2 Å². The lowest BCUT2D eigenvalue weighted by molar-refractivity contribution is -0.110. The molecule has 7 nitrogen and oxygen atoms in total. The minimum absolute atomic E-state index is 0.0901. The number of aromatic nitrogens is 2. The first-order valence-electron chi connectivity index (χ1n) is 14.9. The van der Waals surface area contributed by atoms with Crippen LogP contribution in [0.25, 0.3) is 10.9 Å². The van der Waals surface area contributed by atoms with Crippen molar-refractivity contribution in [2.75, 3.05) is 11.5 Å². The highest BCUT2D eigenvalue weighted by Gasteiger charge is 2.20. The van der Waals surface area contributed by atoms with Gasteiger partial charge in [-0.25, -0.2) is 9.37 Å². The number of ketones is 1. The van der Waals surface area contributed by atoms with Gasteiger partial charge in [0, 0.05) is 17.1 Å². The number of phenolic OH excluding ortho intramolecular Hbond substituents is 1. The summed E-state index contributed by atoms with van der Waals surface area (Å²) in [7, 11) is 0. The Morgan fingerprint density at radius 2 is 1.83 bits per heavy atom. The van der Waals surface area contributed by atoms with Gasteiger partial charge in [0.1, 0.15) is 17.7 Å². The number of benzene rings is 1. The molecule has 0 spiro atoms. The Balaban J connectivity index is 0.000000176. The first-order valence-corrected chi connectivity index (χ1v) is 16.0. The number of fused-ring (bicyclic) bond motifs is 1. The fourth-order valence-corrected chi connectivity index (χ4v) is 6.46. The van der Waals surface area contributed by atoms with Crippen LogP contribution in [-0.4, -0.2) is 50.9 Å². The number of carbonyl (C=O) groups excluding carboxylic acids is 2. The van der Waals surface area contributed by atoms with Gasteiger partial charge in [-0.05, 0) is 113 Å². The number of amides is 1. The standard InChI is InChI=1S/C12H14FNO2S.C11H11NO.C10H19NO/c1-8(15)11-6-9(13)7-14-12(11)16-10-2-4-17-5-3-10;1-7-5-8(2)12-11-4-3-9(13)6-10(7)11;1-2-3-9-4-6-10(7-5-9)11-8-12/h6-7,10H,2-5H2,1H3;3-6,13H,1-2H3;8-10H,2-7H2,1H3,(H,11,12). The van der Waals surface area contributed by atoms with Crippen LogP contribution in [0.1, 0.15) is 86.8 Å². The van der Waals surface area contributed by atoms with Crippen LogP contribution >= 0.6 is 11.8 Å². The number of phenols is 1. The molecule has 5 rings (SSSR count). The summed E-state index contributed by atoms with van der Waals surface area (Å²) in [6.07, 6.45) is 11.6. The fourth-order valence-electron chi connectivity index (χ4n) is 5.40. The first-order chi connectivity index (χ1) is 20.2. The summed E-state index contributed by atoms with van der Waals surface area (Å²) in [6.45, 7) is 7.63. The van der Waals surface area contributed by atoms with Crippen molar-refractivity contribution >= 4 is 34.9 Å².